The lowest BCUT2D eigenvalue weighted by Gasteiger charge is -2.07. The lowest BCUT2D eigenvalue weighted by atomic mass is 10.2. The molecule has 1 N–H and O–H groups in total. The van der Waals surface area contributed by atoms with E-state index < -0.39 is 0 Å². The number of rotatable bonds is 8. The van der Waals surface area contributed by atoms with Gasteiger partial charge in [-0.25, -0.2) is 0 Å². The SMILES string of the molecule is CCCC(=O)n1nc(-c2ccc(OC)cc2)nc1NCc1ccc(OC)cc1. The van der Waals surface area contributed by atoms with Gasteiger partial charge in [-0.05, 0) is 48.4 Å². The summed E-state index contributed by atoms with van der Waals surface area (Å²) >= 11 is 0. The van der Waals surface area contributed by atoms with E-state index in [2.05, 4.69) is 15.4 Å². The van der Waals surface area contributed by atoms with Crippen molar-refractivity contribution in [3.05, 3.63) is 54.1 Å². The van der Waals surface area contributed by atoms with Gasteiger partial charge < -0.3 is 14.8 Å². The standard InChI is InChI=1S/C21H24N4O3/c1-4-5-19(26)25-21(22-14-15-6-10-17(27-2)11-7-15)23-20(24-25)16-8-12-18(28-3)13-9-16/h6-13H,4-5,14H2,1-3H3,(H,22,23,24). The van der Waals surface area contributed by atoms with Crippen LogP contribution in [0, 0.1) is 0 Å². The number of carbonyl (C=O) groups excluding carboxylic acids is 1. The molecule has 1 heterocycles. The zero-order valence-electron chi connectivity index (χ0n) is 16.3. The fourth-order valence-electron chi connectivity index (χ4n) is 2.71. The number of benzene rings is 2. The molecule has 2 aromatic carbocycles. The number of nitrogens with zero attached hydrogens (tertiary/aromatic N) is 3. The first-order valence-corrected chi connectivity index (χ1v) is 9.16. The van der Waals surface area contributed by atoms with Crippen LogP contribution in [0.4, 0.5) is 5.95 Å². The third-order valence-electron chi connectivity index (χ3n) is 4.27. The van der Waals surface area contributed by atoms with Crippen LogP contribution in [0.5, 0.6) is 11.5 Å². The molecule has 0 atom stereocenters. The minimum absolute atomic E-state index is 0.0907. The highest BCUT2D eigenvalue weighted by atomic mass is 16.5. The fraction of sp³-hybridized carbons (Fsp3) is 0.286. The van der Waals surface area contributed by atoms with Crippen molar-refractivity contribution in [2.45, 2.75) is 26.3 Å². The zero-order chi connectivity index (χ0) is 19.9. The number of nitrogens with one attached hydrogen (secondary N) is 1. The van der Waals surface area contributed by atoms with Gasteiger partial charge in [0.05, 0.1) is 14.2 Å². The number of anilines is 1. The normalized spacial score (nSPS) is 10.5. The average Bonchev–Trinajstić information content (AvgIpc) is 3.17. The van der Waals surface area contributed by atoms with E-state index in [-0.39, 0.29) is 5.91 Å². The van der Waals surface area contributed by atoms with Gasteiger partial charge in [-0.15, -0.1) is 5.10 Å². The predicted molar refractivity (Wildman–Crippen MR) is 108 cm³/mol. The van der Waals surface area contributed by atoms with Gasteiger partial charge in [0.2, 0.25) is 11.9 Å². The van der Waals surface area contributed by atoms with E-state index in [1.807, 2.05) is 55.5 Å². The molecule has 0 bridgehead atoms. The summed E-state index contributed by atoms with van der Waals surface area (Å²) < 4.78 is 11.7. The largest absolute Gasteiger partial charge is 0.497 e. The molecule has 7 heteroatoms. The second-order valence-corrected chi connectivity index (χ2v) is 6.24. The Morgan fingerprint density at radius 1 is 1.00 bits per heavy atom. The highest BCUT2D eigenvalue weighted by Gasteiger charge is 2.16. The molecule has 0 aliphatic carbocycles. The maximum Gasteiger partial charge on any atom is 0.250 e. The molecule has 3 aromatic rings. The molecule has 0 aliphatic heterocycles. The average molecular weight is 380 g/mol. The number of methoxy groups -OCH3 is 2. The minimum atomic E-state index is -0.0907. The third kappa shape index (κ3) is 4.49. The Labute approximate surface area is 164 Å². The van der Waals surface area contributed by atoms with Crippen molar-refractivity contribution >= 4 is 11.9 Å². The van der Waals surface area contributed by atoms with Gasteiger partial charge in [-0.1, -0.05) is 19.1 Å². The van der Waals surface area contributed by atoms with Crippen molar-refractivity contribution < 1.29 is 14.3 Å². The second-order valence-electron chi connectivity index (χ2n) is 6.24. The molecule has 0 spiro atoms. The predicted octanol–water partition coefficient (Wildman–Crippen LogP) is 4.01. The van der Waals surface area contributed by atoms with Crippen LogP contribution in [0.25, 0.3) is 11.4 Å². The lowest BCUT2D eigenvalue weighted by Crippen LogP contribution is -2.16. The molecule has 28 heavy (non-hydrogen) atoms. The highest BCUT2D eigenvalue weighted by molar-refractivity contribution is 5.81. The molecule has 0 unspecified atom stereocenters. The first-order chi connectivity index (χ1) is 13.6. The molecule has 0 saturated carbocycles. The van der Waals surface area contributed by atoms with E-state index in [1.165, 1.54) is 4.68 Å². The monoisotopic (exact) mass is 380 g/mol. The Kier molecular flexibility index (Phi) is 6.26. The first-order valence-electron chi connectivity index (χ1n) is 9.16. The Morgan fingerprint density at radius 2 is 1.61 bits per heavy atom. The summed E-state index contributed by atoms with van der Waals surface area (Å²) in [5.41, 5.74) is 1.86. The van der Waals surface area contributed by atoms with Crippen LogP contribution in [-0.2, 0) is 6.54 Å². The number of ether oxygens (including phenoxy) is 2. The molecule has 3 rings (SSSR count). The lowest BCUT2D eigenvalue weighted by molar-refractivity contribution is 0.0888. The van der Waals surface area contributed by atoms with Crippen molar-refractivity contribution in [2.75, 3.05) is 19.5 Å². The van der Waals surface area contributed by atoms with Crippen molar-refractivity contribution in [3.63, 3.8) is 0 Å². The number of aromatic nitrogens is 3. The van der Waals surface area contributed by atoms with Crippen molar-refractivity contribution in [2.24, 2.45) is 0 Å². The Balaban J connectivity index is 1.84. The van der Waals surface area contributed by atoms with E-state index in [9.17, 15) is 4.79 Å². The number of hydrogen-bond acceptors (Lipinski definition) is 6. The summed E-state index contributed by atoms with van der Waals surface area (Å²) in [4.78, 5) is 17.0. The van der Waals surface area contributed by atoms with Crippen LogP contribution < -0.4 is 14.8 Å². The molecule has 146 valence electrons. The van der Waals surface area contributed by atoms with Crippen LogP contribution in [0.15, 0.2) is 48.5 Å². The molecule has 0 saturated heterocycles. The molecular formula is C21H24N4O3. The van der Waals surface area contributed by atoms with Gasteiger partial charge in [-0.2, -0.15) is 9.67 Å². The summed E-state index contributed by atoms with van der Waals surface area (Å²) in [6, 6.07) is 15.1. The molecule has 0 amide bonds. The smallest absolute Gasteiger partial charge is 0.250 e. The summed E-state index contributed by atoms with van der Waals surface area (Å²) in [6.45, 7) is 2.48. The Bertz CT molecular complexity index is 918. The molecule has 0 aliphatic rings. The third-order valence-corrected chi connectivity index (χ3v) is 4.27. The minimum Gasteiger partial charge on any atom is -0.497 e. The van der Waals surface area contributed by atoms with Gasteiger partial charge in [-0.3, -0.25) is 4.79 Å². The van der Waals surface area contributed by atoms with E-state index >= 15 is 0 Å². The van der Waals surface area contributed by atoms with Crippen LogP contribution in [-0.4, -0.2) is 34.9 Å². The second kappa shape index (κ2) is 9.03. The van der Waals surface area contributed by atoms with Gasteiger partial charge in [0, 0.05) is 18.5 Å². The van der Waals surface area contributed by atoms with E-state index in [4.69, 9.17) is 9.47 Å². The summed E-state index contributed by atoms with van der Waals surface area (Å²) in [7, 11) is 3.25. The molecule has 1 aromatic heterocycles. The maximum absolute atomic E-state index is 12.5. The van der Waals surface area contributed by atoms with E-state index in [1.54, 1.807) is 14.2 Å². The van der Waals surface area contributed by atoms with E-state index in [0.29, 0.717) is 24.7 Å². The molecule has 7 nitrogen and oxygen atoms in total. The zero-order valence-corrected chi connectivity index (χ0v) is 16.3. The van der Waals surface area contributed by atoms with E-state index in [0.717, 1.165) is 29.0 Å². The Morgan fingerprint density at radius 3 is 2.18 bits per heavy atom. The van der Waals surface area contributed by atoms with Gasteiger partial charge in [0.25, 0.3) is 0 Å². The highest BCUT2D eigenvalue weighted by Crippen LogP contribution is 2.22. The Hall–Kier alpha value is -3.35. The summed E-state index contributed by atoms with van der Waals surface area (Å²) in [6.07, 6.45) is 1.15. The van der Waals surface area contributed by atoms with Crippen molar-refractivity contribution in [3.8, 4) is 22.9 Å². The fourth-order valence-corrected chi connectivity index (χ4v) is 2.71. The first kappa shape index (κ1) is 19.4. The maximum atomic E-state index is 12.5. The van der Waals surface area contributed by atoms with Crippen LogP contribution in [0.1, 0.15) is 30.1 Å². The summed E-state index contributed by atoms with van der Waals surface area (Å²) in [5, 5.41) is 7.65. The van der Waals surface area contributed by atoms with Crippen molar-refractivity contribution in [1.29, 1.82) is 0 Å². The molecule has 0 radical (unpaired) electrons. The van der Waals surface area contributed by atoms with Crippen LogP contribution in [0.3, 0.4) is 0 Å². The topological polar surface area (TPSA) is 78.3 Å². The quantitative estimate of drug-likeness (QED) is 0.636. The van der Waals surface area contributed by atoms with Gasteiger partial charge >= 0.3 is 0 Å². The van der Waals surface area contributed by atoms with Gasteiger partial charge in [0.15, 0.2) is 5.82 Å². The number of hydrogen-bond donors (Lipinski definition) is 1. The van der Waals surface area contributed by atoms with Gasteiger partial charge in [0.1, 0.15) is 11.5 Å². The van der Waals surface area contributed by atoms with Crippen LogP contribution in [0.2, 0.25) is 0 Å². The van der Waals surface area contributed by atoms with Crippen LogP contribution >= 0.6 is 0 Å². The molecule has 0 fully saturated rings. The van der Waals surface area contributed by atoms with Crippen molar-refractivity contribution in [1.82, 2.24) is 14.8 Å². The number of carbonyl (C=O) groups is 1. The molecular weight excluding hydrogens is 356 g/mol. The summed E-state index contributed by atoms with van der Waals surface area (Å²) in [5.74, 6) is 2.38.